The Labute approximate surface area is 190 Å². The number of carbonyl (C=O) groups excluding carboxylic acids is 1. The van der Waals surface area contributed by atoms with Gasteiger partial charge in [0.1, 0.15) is 6.61 Å². The molecule has 0 radical (unpaired) electrons. The predicted octanol–water partition coefficient (Wildman–Crippen LogP) is 5.54. The van der Waals surface area contributed by atoms with Crippen molar-refractivity contribution < 1.29 is 18.7 Å². The van der Waals surface area contributed by atoms with Crippen molar-refractivity contribution in [2.75, 3.05) is 7.11 Å². The maximum Gasteiger partial charge on any atom is 0.307 e. The molecule has 1 heterocycles. The number of hydrogen-bond acceptors (Lipinski definition) is 5. The number of carbonyl (C=O) groups is 1. The third-order valence-corrected chi connectivity index (χ3v) is 5.15. The Hall–Kier alpha value is -2.23. The van der Waals surface area contributed by atoms with Crippen LogP contribution in [0.25, 0.3) is 0 Å². The summed E-state index contributed by atoms with van der Waals surface area (Å²) in [6.07, 6.45) is 2.92. The summed E-state index contributed by atoms with van der Waals surface area (Å²) in [5.74, 6) is 0.850. The van der Waals surface area contributed by atoms with Crippen molar-refractivity contribution in [3.05, 3.63) is 79.2 Å². The van der Waals surface area contributed by atoms with Crippen molar-refractivity contribution in [1.82, 2.24) is 5.43 Å². The summed E-state index contributed by atoms with van der Waals surface area (Å²) in [5.41, 5.74) is 3.93. The monoisotopic (exact) mass is 544 g/mol. The zero-order chi connectivity index (χ0) is 20.8. The van der Waals surface area contributed by atoms with Gasteiger partial charge in [-0.15, -0.1) is 0 Å². The first-order valence-corrected chi connectivity index (χ1v) is 10.1. The highest BCUT2D eigenvalue weighted by Crippen LogP contribution is 2.34. The minimum Gasteiger partial charge on any atom is -0.493 e. The fourth-order valence-electron chi connectivity index (χ4n) is 2.37. The molecule has 6 nitrogen and oxygen atoms in total. The molecule has 29 heavy (non-hydrogen) atoms. The largest absolute Gasteiger partial charge is 0.493 e. The first kappa shape index (κ1) is 21.5. The first-order chi connectivity index (χ1) is 14.0. The van der Waals surface area contributed by atoms with Crippen LogP contribution in [0.1, 0.15) is 21.7 Å². The van der Waals surface area contributed by atoms with E-state index in [1.807, 2.05) is 12.1 Å². The van der Waals surface area contributed by atoms with Gasteiger partial charge in [-0.05, 0) is 64.6 Å². The lowest BCUT2D eigenvalue weighted by Crippen LogP contribution is -2.16. The Morgan fingerprint density at radius 1 is 1.28 bits per heavy atom. The Morgan fingerprint density at radius 3 is 2.79 bits per heavy atom. The van der Waals surface area contributed by atoms with Crippen molar-refractivity contribution in [3.63, 3.8) is 0 Å². The quantitative estimate of drug-likeness (QED) is 0.241. The molecule has 0 bridgehead atoms. The average molecular weight is 545 g/mol. The highest BCUT2D eigenvalue weighted by molar-refractivity contribution is 14.1. The lowest BCUT2D eigenvalue weighted by molar-refractivity contribution is 0.0927. The molecule has 0 aliphatic carbocycles. The van der Waals surface area contributed by atoms with E-state index in [-0.39, 0.29) is 12.4 Å². The fourth-order valence-corrected chi connectivity index (χ4v) is 3.62. The van der Waals surface area contributed by atoms with Gasteiger partial charge in [-0.3, -0.25) is 4.79 Å². The highest BCUT2D eigenvalue weighted by atomic mass is 127. The van der Waals surface area contributed by atoms with E-state index in [0.29, 0.717) is 21.5 Å². The number of benzene rings is 2. The lowest BCUT2D eigenvalue weighted by Gasteiger charge is -2.14. The minimum absolute atomic E-state index is 0.180. The third-order valence-electron chi connectivity index (χ3n) is 3.76. The second kappa shape index (κ2) is 10.00. The van der Waals surface area contributed by atoms with Gasteiger partial charge in [0.25, 0.3) is 0 Å². The van der Waals surface area contributed by atoms with Gasteiger partial charge in [0.2, 0.25) is 0 Å². The smallest absolute Gasteiger partial charge is 0.307 e. The molecule has 1 N–H and O–H groups in total. The van der Waals surface area contributed by atoms with Crippen LogP contribution in [0.5, 0.6) is 11.5 Å². The number of nitrogens with one attached hydrogen (secondary N) is 1. The van der Waals surface area contributed by atoms with E-state index in [2.05, 4.69) is 33.1 Å². The first-order valence-electron chi connectivity index (χ1n) is 8.29. The van der Waals surface area contributed by atoms with Crippen LogP contribution >= 0.6 is 45.8 Å². The van der Waals surface area contributed by atoms with Crippen molar-refractivity contribution >= 4 is 57.9 Å². The number of furan rings is 1. The van der Waals surface area contributed by atoms with Gasteiger partial charge < -0.3 is 13.9 Å². The summed E-state index contributed by atoms with van der Waals surface area (Å²) in [6.45, 7) is 0.259. The molecule has 0 saturated heterocycles. The summed E-state index contributed by atoms with van der Waals surface area (Å²) < 4.78 is 17.2. The summed E-state index contributed by atoms with van der Waals surface area (Å²) in [7, 11) is 1.55. The Morgan fingerprint density at radius 2 is 2.10 bits per heavy atom. The molecule has 0 fully saturated rings. The summed E-state index contributed by atoms with van der Waals surface area (Å²) in [6, 6.07) is 12.0. The van der Waals surface area contributed by atoms with Gasteiger partial charge in [0.05, 0.1) is 23.2 Å². The zero-order valence-corrected chi connectivity index (χ0v) is 18.8. The molecule has 9 heteroatoms. The summed E-state index contributed by atoms with van der Waals surface area (Å²) in [4.78, 5) is 11.8. The van der Waals surface area contributed by atoms with Gasteiger partial charge >= 0.3 is 5.91 Å². The summed E-state index contributed by atoms with van der Waals surface area (Å²) >= 11 is 14.3. The normalized spacial score (nSPS) is 10.9. The number of hydrazone groups is 1. The molecule has 0 spiro atoms. The molecule has 2 aromatic carbocycles. The van der Waals surface area contributed by atoms with Crippen molar-refractivity contribution in [3.8, 4) is 11.5 Å². The SMILES string of the molecule is COc1cc(/C=N\NC(=O)c2ccco2)cc(I)c1OCc1ccc(Cl)cc1Cl. The van der Waals surface area contributed by atoms with Crippen LogP contribution in [-0.2, 0) is 6.61 Å². The van der Waals surface area contributed by atoms with Crippen molar-refractivity contribution in [2.45, 2.75) is 6.61 Å². The van der Waals surface area contributed by atoms with Gasteiger partial charge in [-0.1, -0.05) is 29.3 Å². The van der Waals surface area contributed by atoms with Gasteiger partial charge in [-0.25, -0.2) is 5.43 Å². The fraction of sp³-hybridized carbons (Fsp3) is 0.100. The number of rotatable bonds is 7. The van der Waals surface area contributed by atoms with Crippen LogP contribution < -0.4 is 14.9 Å². The van der Waals surface area contributed by atoms with E-state index < -0.39 is 5.91 Å². The number of amides is 1. The molecule has 0 atom stereocenters. The number of nitrogens with zero attached hydrogens (tertiary/aromatic N) is 1. The lowest BCUT2D eigenvalue weighted by atomic mass is 10.2. The van der Waals surface area contributed by atoms with Crippen LogP contribution in [0, 0.1) is 3.57 Å². The molecule has 0 aliphatic rings. The van der Waals surface area contributed by atoms with Crippen molar-refractivity contribution in [1.29, 1.82) is 0 Å². The predicted molar refractivity (Wildman–Crippen MR) is 120 cm³/mol. The molecule has 0 saturated carbocycles. The highest BCUT2D eigenvalue weighted by Gasteiger charge is 2.13. The maximum atomic E-state index is 11.8. The van der Waals surface area contributed by atoms with Crippen molar-refractivity contribution in [2.24, 2.45) is 5.10 Å². The molecular formula is C20H15Cl2IN2O4. The number of hydrogen-bond donors (Lipinski definition) is 1. The molecule has 0 aliphatic heterocycles. The van der Waals surface area contributed by atoms with Gasteiger partial charge in [-0.2, -0.15) is 5.10 Å². The van der Waals surface area contributed by atoms with E-state index in [9.17, 15) is 4.79 Å². The Balaban J connectivity index is 1.71. The maximum absolute atomic E-state index is 11.8. The Kier molecular flexibility index (Phi) is 7.40. The van der Waals surface area contributed by atoms with Gasteiger partial charge in [0, 0.05) is 15.6 Å². The van der Waals surface area contributed by atoms with Crippen LogP contribution in [0.2, 0.25) is 10.0 Å². The average Bonchev–Trinajstić information content (AvgIpc) is 3.23. The minimum atomic E-state index is -0.437. The topological polar surface area (TPSA) is 73.1 Å². The van der Waals surface area contributed by atoms with E-state index in [0.717, 1.165) is 14.7 Å². The van der Waals surface area contributed by atoms with Crippen LogP contribution in [0.15, 0.2) is 58.2 Å². The number of ether oxygens (including phenoxy) is 2. The summed E-state index contributed by atoms with van der Waals surface area (Å²) in [5, 5.41) is 5.04. The van der Waals surface area contributed by atoms with E-state index in [1.165, 1.54) is 12.5 Å². The van der Waals surface area contributed by atoms with E-state index in [4.69, 9.17) is 37.1 Å². The third kappa shape index (κ3) is 5.65. The van der Waals surface area contributed by atoms with Crippen LogP contribution in [0.4, 0.5) is 0 Å². The number of halogens is 3. The molecular weight excluding hydrogens is 530 g/mol. The molecule has 3 aromatic rings. The Bertz CT molecular complexity index is 1040. The van der Waals surface area contributed by atoms with Crippen LogP contribution in [0.3, 0.4) is 0 Å². The molecule has 1 aromatic heterocycles. The van der Waals surface area contributed by atoms with Crippen LogP contribution in [-0.4, -0.2) is 19.2 Å². The zero-order valence-electron chi connectivity index (χ0n) is 15.1. The van der Waals surface area contributed by atoms with Gasteiger partial charge in [0.15, 0.2) is 17.3 Å². The molecule has 0 unspecified atom stereocenters. The second-order valence-corrected chi connectivity index (χ2v) is 7.74. The molecule has 1 amide bonds. The second-order valence-electron chi connectivity index (χ2n) is 5.73. The van der Waals surface area contributed by atoms with E-state index in [1.54, 1.807) is 37.4 Å². The molecule has 3 rings (SSSR count). The number of methoxy groups -OCH3 is 1. The van der Waals surface area contributed by atoms with E-state index >= 15 is 0 Å². The standard InChI is InChI=1S/C20H15Cl2IN2O4/c1-27-18-8-12(10-24-25-20(26)17-3-2-6-28-17)7-16(23)19(18)29-11-13-4-5-14(21)9-15(13)22/h2-10H,11H2,1H3,(H,25,26)/b24-10-. The molecule has 150 valence electrons.